The van der Waals surface area contributed by atoms with Crippen molar-refractivity contribution in [3.63, 3.8) is 0 Å². The summed E-state index contributed by atoms with van der Waals surface area (Å²) in [6, 6.07) is 2.62. The van der Waals surface area contributed by atoms with E-state index in [1.54, 1.807) is 20.0 Å². The van der Waals surface area contributed by atoms with Crippen LogP contribution < -0.4 is 5.32 Å². The number of H-pyrrole nitrogens is 2. The molecule has 1 saturated carbocycles. The highest BCUT2D eigenvalue weighted by atomic mass is 19.4. The highest BCUT2D eigenvalue weighted by Gasteiger charge is 2.48. The second kappa shape index (κ2) is 6.96. The molecule has 30 heavy (non-hydrogen) atoms. The van der Waals surface area contributed by atoms with Gasteiger partial charge in [-0.05, 0) is 55.5 Å². The molecule has 0 aliphatic heterocycles. The first-order chi connectivity index (χ1) is 14.1. The molecule has 4 rings (SSSR count). The summed E-state index contributed by atoms with van der Waals surface area (Å²) in [7, 11) is 0. The Morgan fingerprint density at radius 1 is 1.30 bits per heavy atom. The van der Waals surface area contributed by atoms with Crippen molar-refractivity contribution in [2.45, 2.75) is 44.3 Å². The smallest absolute Gasteiger partial charge is 0.357 e. The van der Waals surface area contributed by atoms with E-state index < -0.39 is 29.0 Å². The molecule has 158 valence electrons. The Hall–Kier alpha value is -3.17. The van der Waals surface area contributed by atoms with Crippen LogP contribution in [0.25, 0.3) is 0 Å². The molecule has 3 N–H and O–H groups in total. The lowest BCUT2D eigenvalue weighted by Crippen LogP contribution is -2.28. The monoisotopic (exact) mass is 421 g/mol. The maximum Gasteiger partial charge on any atom is 0.419 e. The maximum atomic E-state index is 14.1. The first kappa shape index (κ1) is 20.1. The van der Waals surface area contributed by atoms with Gasteiger partial charge in [-0.1, -0.05) is 6.07 Å². The van der Waals surface area contributed by atoms with Gasteiger partial charge in [-0.15, -0.1) is 0 Å². The van der Waals surface area contributed by atoms with E-state index in [2.05, 4.69) is 25.5 Å². The van der Waals surface area contributed by atoms with Crippen molar-refractivity contribution in [1.82, 2.24) is 25.5 Å². The van der Waals surface area contributed by atoms with E-state index in [1.807, 2.05) is 0 Å². The molecule has 2 heterocycles. The fourth-order valence-corrected chi connectivity index (χ4v) is 3.87. The molecule has 10 heteroatoms. The van der Waals surface area contributed by atoms with E-state index in [1.165, 1.54) is 12.4 Å². The zero-order valence-corrected chi connectivity index (χ0v) is 16.2. The van der Waals surface area contributed by atoms with E-state index >= 15 is 0 Å². The second-order valence-corrected chi connectivity index (χ2v) is 7.53. The number of rotatable bonds is 5. The molecule has 0 saturated heterocycles. The number of aromatic amines is 2. The summed E-state index contributed by atoms with van der Waals surface area (Å²) < 4.78 is 52.8. The number of amides is 1. The van der Waals surface area contributed by atoms with Crippen LogP contribution in [0.4, 0.5) is 17.6 Å². The van der Waals surface area contributed by atoms with Gasteiger partial charge in [-0.3, -0.25) is 9.89 Å². The molecule has 1 amide bonds. The number of halogens is 4. The number of hydrogen-bond donors (Lipinski definition) is 3. The standard InChI is InChI=1S/C20H19F4N5O/c1-10-14(8-25-16(10)18(30)28-11(2)17-26-9-27-29-17)19(5-6-19)12-3-4-13(15(21)7-12)20(22,23)24/h3-4,7-9,11,25H,5-6H2,1-2H3,(H,28,30)(H,26,27,29). The molecular weight excluding hydrogens is 402 g/mol. The third-order valence-electron chi connectivity index (χ3n) is 5.63. The molecule has 1 aromatic carbocycles. The molecular formula is C20H19F4N5O. The lowest BCUT2D eigenvalue weighted by Gasteiger charge is -2.18. The van der Waals surface area contributed by atoms with Crippen LogP contribution in [0.5, 0.6) is 0 Å². The van der Waals surface area contributed by atoms with Crippen molar-refractivity contribution in [1.29, 1.82) is 0 Å². The maximum absolute atomic E-state index is 14.1. The number of benzene rings is 1. The largest absolute Gasteiger partial charge is 0.419 e. The van der Waals surface area contributed by atoms with Gasteiger partial charge < -0.3 is 10.3 Å². The van der Waals surface area contributed by atoms with Crippen molar-refractivity contribution in [3.8, 4) is 0 Å². The van der Waals surface area contributed by atoms with Crippen molar-refractivity contribution in [3.05, 3.63) is 70.3 Å². The van der Waals surface area contributed by atoms with Gasteiger partial charge >= 0.3 is 6.18 Å². The zero-order valence-electron chi connectivity index (χ0n) is 16.2. The molecule has 1 atom stereocenters. The lowest BCUT2D eigenvalue weighted by atomic mass is 9.86. The number of nitrogens with zero attached hydrogens (tertiary/aromatic N) is 2. The summed E-state index contributed by atoms with van der Waals surface area (Å²) in [6.45, 7) is 3.51. The minimum atomic E-state index is -4.74. The fourth-order valence-electron chi connectivity index (χ4n) is 3.87. The molecule has 0 spiro atoms. The normalized spacial score (nSPS) is 16.3. The Bertz CT molecular complexity index is 1080. The predicted molar refractivity (Wildman–Crippen MR) is 99.2 cm³/mol. The van der Waals surface area contributed by atoms with Crippen molar-refractivity contribution < 1.29 is 22.4 Å². The van der Waals surface area contributed by atoms with Crippen LogP contribution in [-0.2, 0) is 11.6 Å². The summed E-state index contributed by atoms with van der Waals surface area (Å²) >= 11 is 0. The molecule has 3 aromatic rings. The van der Waals surface area contributed by atoms with Crippen LogP contribution in [0.1, 0.15) is 64.4 Å². The van der Waals surface area contributed by atoms with Crippen molar-refractivity contribution in [2.75, 3.05) is 0 Å². The van der Waals surface area contributed by atoms with Crippen LogP contribution in [0.2, 0.25) is 0 Å². The number of hydrogen-bond acceptors (Lipinski definition) is 3. The van der Waals surface area contributed by atoms with Crippen LogP contribution >= 0.6 is 0 Å². The lowest BCUT2D eigenvalue weighted by molar-refractivity contribution is -0.140. The quantitative estimate of drug-likeness (QED) is 0.541. The number of alkyl halides is 3. The van der Waals surface area contributed by atoms with Crippen molar-refractivity contribution in [2.24, 2.45) is 0 Å². The van der Waals surface area contributed by atoms with Gasteiger partial charge in [-0.25, -0.2) is 9.37 Å². The second-order valence-electron chi connectivity index (χ2n) is 7.53. The minimum absolute atomic E-state index is 0.339. The van der Waals surface area contributed by atoms with Gasteiger partial charge in [0.2, 0.25) is 0 Å². The van der Waals surface area contributed by atoms with Crippen LogP contribution in [0.3, 0.4) is 0 Å². The average molecular weight is 421 g/mol. The number of aromatic nitrogens is 4. The van der Waals surface area contributed by atoms with Gasteiger partial charge in [-0.2, -0.15) is 18.3 Å². The third kappa shape index (κ3) is 3.35. The number of carbonyl (C=O) groups is 1. The molecule has 1 fully saturated rings. The molecule has 1 aliphatic carbocycles. The Morgan fingerprint density at radius 3 is 2.60 bits per heavy atom. The molecule has 6 nitrogen and oxygen atoms in total. The first-order valence-electron chi connectivity index (χ1n) is 9.35. The van der Waals surface area contributed by atoms with E-state index in [0.29, 0.717) is 35.5 Å². The van der Waals surface area contributed by atoms with Gasteiger partial charge in [0.25, 0.3) is 5.91 Å². The molecule has 0 bridgehead atoms. The SMILES string of the molecule is Cc1c(C2(c3ccc(C(F)(F)F)c(F)c3)CC2)c[nH]c1C(=O)NC(C)c1nc[nH]n1. The van der Waals surface area contributed by atoms with Crippen molar-refractivity contribution >= 4 is 5.91 Å². The average Bonchev–Trinajstić information content (AvgIpc) is 3.10. The van der Waals surface area contributed by atoms with Crippen LogP contribution in [0, 0.1) is 12.7 Å². The zero-order chi connectivity index (χ0) is 21.7. The Morgan fingerprint density at radius 2 is 2.03 bits per heavy atom. The highest BCUT2D eigenvalue weighted by molar-refractivity contribution is 5.94. The molecule has 1 unspecified atom stereocenters. The van der Waals surface area contributed by atoms with Gasteiger partial charge in [0.15, 0.2) is 5.82 Å². The number of nitrogens with one attached hydrogen (secondary N) is 3. The van der Waals surface area contributed by atoms with Crippen LogP contribution in [0.15, 0.2) is 30.7 Å². The van der Waals surface area contributed by atoms with E-state index in [0.717, 1.165) is 17.7 Å². The van der Waals surface area contributed by atoms with E-state index in [9.17, 15) is 22.4 Å². The Kier molecular flexibility index (Phi) is 4.67. The summed E-state index contributed by atoms with van der Waals surface area (Å²) in [5, 5.41) is 9.31. The topological polar surface area (TPSA) is 86.5 Å². The van der Waals surface area contributed by atoms with E-state index in [4.69, 9.17) is 0 Å². The predicted octanol–water partition coefficient (Wildman–Crippen LogP) is 4.17. The first-order valence-corrected chi connectivity index (χ1v) is 9.35. The third-order valence-corrected chi connectivity index (χ3v) is 5.63. The molecule has 1 aliphatic rings. The summed E-state index contributed by atoms with van der Waals surface area (Å²) in [6.07, 6.45) is -0.342. The fraction of sp³-hybridized carbons (Fsp3) is 0.350. The Balaban J connectivity index is 1.60. The van der Waals surface area contributed by atoms with E-state index in [-0.39, 0.29) is 5.91 Å². The highest BCUT2D eigenvalue weighted by Crippen LogP contribution is 2.55. The Labute approximate surface area is 169 Å². The van der Waals surface area contributed by atoms with Crippen LogP contribution in [-0.4, -0.2) is 26.1 Å². The summed E-state index contributed by atoms with van der Waals surface area (Å²) in [4.78, 5) is 19.6. The summed E-state index contributed by atoms with van der Waals surface area (Å²) in [5.74, 6) is -1.21. The summed E-state index contributed by atoms with van der Waals surface area (Å²) in [5.41, 5.74) is 0.375. The molecule has 2 aromatic heterocycles. The van der Waals surface area contributed by atoms with Gasteiger partial charge in [0, 0.05) is 11.6 Å². The van der Waals surface area contributed by atoms with Gasteiger partial charge in [0.1, 0.15) is 17.8 Å². The van der Waals surface area contributed by atoms with Gasteiger partial charge in [0.05, 0.1) is 11.6 Å². The number of carbonyl (C=O) groups excluding carboxylic acids is 1. The minimum Gasteiger partial charge on any atom is -0.357 e. The molecule has 0 radical (unpaired) electrons.